The minimum Gasteiger partial charge on any atom is -0.273 e. The molecule has 1 aromatic heterocycles. The van der Waals surface area contributed by atoms with Crippen molar-refractivity contribution >= 4 is 56.4 Å². The molecule has 2 N–H and O–H groups in total. The van der Waals surface area contributed by atoms with Crippen molar-refractivity contribution in [2.24, 2.45) is 0 Å². The van der Waals surface area contributed by atoms with Gasteiger partial charge in [-0.05, 0) is 18.2 Å². The molecule has 13 heteroatoms. The van der Waals surface area contributed by atoms with Gasteiger partial charge >= 0.3 is 0 Å². The molecule has 0 fully saturated rings. The molecular weight excluding hydrogens is 419 g/mol. The van der Waals surface area contributed by atoms with Crippen LogP contribution >= 0.6 is 34.8 Å². The van der Waals surface area contributed by atoms with Crippen molar-refractivity contribution in [3.63, 3.8) is 0 Å². The summed E-state index contributed by atoms with van der Waals surface area (Å²) < 4.78 is 24.1. The van der Waals surface area contributed by atoms with Gasteiger partial charge in [-0.2, -0.15) is 0 Å². The number of pyridine rings is 1. The second-order valence-electron chi connectivity index (χ2n) is 4.43. The predicted octanol–water partition coefficient (Wildman–Crippen LogP) is 2.57. The lowest BCUT2D eigenvalue weighted by Crippen LogP contribution is -2.41. The number of carbonyl (C=O) groups is 1. The van der Waals surface area contributed by atoms with E-state index in [4.69, 9.17) is 34.8 Å². The first kappa shape index (κ1) is 19.3. The standard InChI is InChI=1S/C12H7Cl3N4O5S/c13-8-2-1-6(3-10(8)19(21)22)12(20)17-18-25(23,24)7-4-9(14)11(15)16-5-7/h1-5,18H,(H,17,20). The molecule has 0 unspecified atom stereocenters. The van der Waals surface area contributed by atoms with Gasteiger partial charge < -0.3 is 0 Å². The lowest BCUT2D eigenvalue weighted by atomic mass is 10.2. The van der Waals surface area contributed by atoms with Gasteiger partial charge in [-0.15, -0.1) is 4.83 Å². The average Bonchev–Trinajstić information content (AvgIpc) is 2.55. The molecule has 2 aromatic rings. The van der Waals surface area contributed by atoms with Crippen LogP contribution in [0, 0.1) is 10.1 Å². The zero-order valence-corrected chi connectivity index (χ0v) is 14.9. The minimum absolute atomic E-state index is 0.0851. The average molecular weight is 426 g/mol. The monoisotopic (exact) mass is 424 g/mol. The summed E-state index contributed by atoms with van der Waals surface area (Å²) in [6, 6.07) is 4.29. The maximum atomic E-state index is 12.1. The third kappa shape index (κ3) is 4.55. The Hall–Kier alpha value is -1.98. The number of carbonyl (C=O) groups excluding carboxylic acids is 1. The SMILES string of the molecule is O=C(NNS(=O)(=O)c1cnc(Cl)c(Cl)c1)c1ccc(Cl)c([N+](=O)[O-])c1. The van der Waals surface area contributed by atoms with Gasteiger partial charge in [-0.1, -0.05) is 34.8 Å². The molecule has 0 saturated heterocycles. The van der Waals surface area contributed by atoms with Crippen molar-refractivity contribution in [3.05, 3.63) is 61.3 Å². The Morgan fingerprint density at radius 3 is 2.44 bits per heavy atom. The van der Waals surface area contributed by atoms with Crippen LogP contribution in [-0.2, 0) is 10.0 Å². The number of hydrogen-bond acceptors (Lipinski definition) is 6. The summed E-state index contributed by atoms with van der Waals surface area (Å²) in [6.07, 6.45) is 0.940. The van der Waals surface area contributed by atoms with E-state index in [9.17, 15) is 23.3 Å². The van der Waals surface area contributed by atoms with Crippen LogP contribution in [0.1, 0.15) is 10.4 Å². The maximum Gasteiger partial charge on any atom is 0.288 e. The third-order valence-electron chi connectivity index (χ3n) is 2.79. The van der Waals surface area contributed by atoms with Crippen molar-refractivity contribution in [1.82, 2.24) is 15.2 Å². The van der Waals surface area contributed by atoms with Gasteiger partial charge in [0, 0.05) is 17.8 Å². The fourth-order valence-electron chi connectivity index (χ4n) is 1.59. The number of nitrogens with one attached hydrogen (secondary N) is 2. The predicted molar refractivity (Wildman–Crippen MR) is 90.2 cm³/mol. The number of aromatic nitrogens is 1. The van der Waals surface area contributed by atoms with E-state index in [0.29, 0.717) is 0 Å². The van der Waals surface area contributed by atoms with Crippen molar-refractivity contribution in [2.75, 3.05) is 0 Å². The number of hydrazine groups is 1. The van der Waals surface area contributed by atoms with E-state index in [1.165, 1.54) is 6.07 Å². The van der Waals surface area contributed by atoms with Crippen LogP contribution in [0.3, 0.4) is 0 Å². The van der Waals surface area contributed by atoms with Crippen molar-refractivity contribution in [1.29, 1.82) is 0 Å². The van der Waals surface area contributed by atoms with Gasteiger partial charge in [0.25, 0.3) is 21.6 Å². The van der Waals surface area contributed by atoms with E-state index < -0.39 is 26.5 Å². The zero-order chi connectivity index (χ0) is 18.8. The first-order chi connectivity index (χ1) is 11.6. The Bertz CT molecular complexity index is 967. The fraction of sp³-hybridized carbons (Fsp3) is 0. The Balaban J connectivity index is 2.17. The highest BCUT2D eigenvalue weighted by atomic mass is 35.5. The topological polar surface area (TPSA) is 131 Å². The molecule has 0 aliphatic rings. The molecule has 0 bridgehead atoms. The molecule has 1 heterocycles. The van der Waals surface area contributed by atoms with E-state index in [-0.39, 0.29) is 25.7 Å². The van der Waals surface area contributed by atoms with Crippen LogP contribution in [0.25, 0.3) is 0 Å². The molecule has 2 rings (SSSR count). The van der Waals surface area contributed by atoms with E-state index in [0.717, 1.165) is 24.4 Å². The molecule has 1 aromatic carbocycles. The Morgan fingerprint density at radius 2 is 1.84 bits per heavy atom. The van der Waals surface area contributed by atoms with Gasteiger partial charge in [-0.3, -0.25) is 20.3 Å². The molecule has 0 radical (unpaired) electrons. The Labute approximate surface area is 156 Å². The second kappa shape index (κ2) is 7.50. The number of rotatable bonds is 5. The summed E-state index contributed by atoms with van der Waals surface area (Å²) in [4.78, 5) is 27.0. The number of nitro benzene ring substituents is 1. The molecule has 1 amide bonds. The first-order valence-electron chi connectivity index (χ1n) is 6.19. The molecule has 0 saturated carbocycles. The van der Waals surface area contributed by atoms with Crippen LogP contribution in [0.5, 0.6) is 0 Å². The lowest BCUT2D eigenvalue weighted by molar-refractivity contribution is -0.384. The number of nitro groups is 1. The van der Waals surface area contributed by atoms with Crippen LogP contribution < -0.4 is 10.3 Å². The highest BCUT2D eigenvalue weighted by Crippen LogP contribution is 2.25. The van der Waals surface area contributed by atoms with Gasteiger partial charge in [0.2, 0.25) is 0 Å². The number of amides is 1. The van der Waals surface area contributed by atoms with E-state index in [1.807, 2.05) is 10.3 Å². The molecule has 25 heavy (non-hydrogen) atoms. The summed E-state index contributed by atoms with van der Waals surface area (Å²) in [5.41, 5.74) is 1.24. The van der Waals surface area contributed by atoms with Gasteiger partial charge in [0.05, 0.1) is 9.95 Å². The summed E-state index contributed by atoms with van der Waals surface area (Å²) >= 11 is 16.9. The highest BCUT2D eigenvalue weighted by molar-refractivity contribution is 7.89. The molecule has 0 aliphatic carbocycles. The van der Waals surface area contributed by atoms with Crippen molar-refractivity contribution < 1.29 is 18.1 Å². The van der Waals surface area contributed by atoms with Crippen LogP contribution in [0.2, 0.25) is 15.2 Å². The molecule has 9 nitrogen and oxygen atoms in total. The lowest BCUT2D eigenvalue weighted by Gasteiger charge is -2.09. The van der Waals surface area contributed by atoms with Crippen LogP contribution in [0.15, 0.2) is 35.4 Å². The quantitative estimate of drug-likeness (QED) is 0.430. The molecule has 0 aliphatic heterocycles. The summed E-state index contributed by atoms with van der Waals surface area (Å²) in [5.74, 6) is -0.934. The van der Waals surface area contributed by atoms with Gasteiger partial charge in [0.15, 0.2) is 0 Å². The van der Waals surface area contributed by atoms with E-state index >= 15 is 0 Å². The maximum absolute atomic E-state index is 12.1. The van der Waals surface area contributed by atoms with Crippen molar-refractivity contribution in [2.45, 2.75) is 4.90 Å². The smallest absolute Gasteiger partial charge is 0.273 e. The summed E-state index contributed by atoms with van der Waals surface area (Å²) in [7, 11) is -4.18. The number of nitrogens with zero attached hydrogens (tertiary/aromatic N) is 2. The Kier molecular flexibility index (Phi) is 5.80. The molecule has 0 atom stereocenters. The number of halogens is 3. The van der Waals surface area contributed by atoms with Gasteiger partial charge in [-0.25, -0.2) is 13.4 Å². The number of hydrogen-bond donors (Lipinski definition) is 2. The number of benzene rings is 1. The van der Waals surface area contributed by atoms with Crippen molar-refractivity contribution in [3.8, 4) is 0 Å². The summed E-state index contributed by atoms with van der Waals surface area (Å²) in [6.45, 7) is 0. The molecular formula is C12H7Cl3N4O5S. The van der Waals surface area contributed by atoms with Crippen LogP contribution in [0.4, 0.5) is 5.69 Å². The Morgan fingerprint density at radius 1 is 1.16 bits per heavy atom. The minimum atomic E-state index is -4.18. The zero-order valence-electron chi connectivity index (χ0n) is 11.9. The first-order valence-corrected chi connectivity index (χ1v) is 8.80. The van der Waals surface area contributed by atoms with Crippen LogP contribution in [-0.4, -0.2) is 24.2 Å². The summed E-state index contributed by atoms with van der Waals surface area (Å²) in [5, 5.41) is 10.5. The van der Waals surface area contributed by atoms with E-state index in [1.54, 1.807) is 0 Å². The number of sulfonamides is 1. The highest BCUT2D eigenvalue weighted by Gasteiger charge is 2.20. The molecule has 132 valence electrons. The normalized spacial score (nSPS) is 11.2. The largest absolute Gasteiger partial charge is 0.288 e. The molecule has 0 spiro atoms. The fourth-order valence-corrected chi connectivity index (χ4v) is 2.92. The second-order valence-corrected chi connectivity index (χ2v) is 7.28. The van der Waals surface area contributed by atoms with E-state index in [2.05, 4.69) is 4.98 Å². The van der Waals surface area contributed by atoms with Gasteiger partial charge in [0.1, 0.15) is 15.1 Å². The third-order valence-corrected chi connectivity index (χ3v) is 5.01.